The van der Waals surface area contributed by atoms with Gasteiger partial charge in [0.2, 0.25) is 10.0 Å². The summed E-state index contributed by atoms with van der Waals surface area (Å²) in [6, 6.07) is 15.2. The van der Waals surface area contributed by atoms with Gasteiger partial charge in [-0.3, -0.25) is 4.79 Å². The van der Waals surface area contributed by atoms with E-state index in [9.17, 15) is 13.2 Å². The molecule has 0 aliphatic carbocycles. The van der Waals surface area contributed by atoms with Crippen LogP contribution in [0.5, 0.6) is 0 Å². The smallest absolute Gasteiger partial charge is 0.259 e. The number of morpholine rings is 1. The van der Waals surface area contributed by atoms with Gasteiger partial charge in [0.1, 0.15) is 5.82 Å². The molecule has 1 aromatic heterocycles. The average molecular weight is 412 g/mol. The Balaban J connectivity index is 1.73. The second kappa shape index (κ2) is 7.78. The fourth-order valence-corrected chi connectivity index (χ4v) is 3.80. The van der Waals surface area contributed by atoms with Gasteiger partial charge in [-0.2, -0.15) is 0 Å². The largest absolute Gasteiger partial charge is 0.378 e. The maximum Gasteiger partial charge on any atom is 0.259 e. The van der Waals surface area contributed by atoms with E-state index in [1.54, 1.807) is 12.1 Å². The van der Waals surface area contributed by atoms with Gasteiger partial charge >= 0.3 is 0 Å². The van der Waals surface area contributed by atoms with E-state index >= 15 is 0 Å². The fraction of sp³-hybridized carbons (Fsp3) is 0.200. The molecule has 0 radical (unpaired) electrons. The number of hydrogen-bond donors (Lipinski definition) is 2. The van der Waals surface area contributed by atoms with E-state index in [-0.39, 0.29) is 10.8 Å². The zero-order valence-corrected chi connectivity index (χ0v) is 16.4. The summed E-state index contributed by atoms with van der Waals surface area (Å²) in [5.74, 6) is 0.198. The van der Waals surface area contributed by atoms with E-state index in [0.717, 1.165) is 10.9 Å². The lowest BCUT2D eigenvalue weighted by molar-refractivity contribution is 0.102. The SMILES string of the molecule is NS(=O)(=O)c1cccc(NC(=O)c2cc3ccccc3nc2N2CCOCC2)c1. The molecule has 1 aliphatic rings. The number of fused-ring (bicyclic) bond motifs is 1. The maximum atomic E-state index is 13.1. The number of nitrogens with two attached hydrogens (primary N) is 1. The van der Waals surface area contributed by atoms with Crippen molar-refractivity contribution in [3.8, 4) is 0 Å². The third kappa shape index (κ3) is 4.21. The molecule has 3 N–H and O–H groups in total. The van der Waals surface area contributed by atoms with Crippen LogP contribution < -0.4 is 15.4 Å². The summed E-state index contributed by atoms with van der Waals surface area (Å²) < 4.78 is 28.6. The lowest BCUT2D eigenvalue weighted by atomic mass is 10.1. The number of para-hydroxylation sites is 1. The minimum Gasteiger partial charge on any atom is -0.378 e. The highest BCUT2D eigenvalue weighted by Crippen LogP contribution is 2.26. The Hall–Kier alpha value is -3.01. The highest BCUT2D eigenvalue weighted by molar-refractivity contribution is 7.89. The minimum absolute atomic E-state index is 0.0691. The molecular formula is C20H20N4O4S. The van der Waals surface area contributed by atoms with Crippen molar-refractivity contribution < 1.29 is 17.9 Å². The monoisotopic (exact) mass is 412 g/mol. The Morgan fingerprint density at radius 1 is 1.07 bits per heavy atom. The molecule has 3 aromatic rings. The average Bonchev–Trinajstić information content (AvgIpc) is 2.73. The van der Waals surface area contributed by atoms with Gasteiger partial charge in [-0.25, -0.2) is 18.5 Å². The molecule has 1 aliphatic heterocycles. The van der Waals surface area contributed by atoms with Crippen LogP contribution in [0.4, 0.5) is 11.5 Å². The molecule has 1 amide bonds. The summed E-state index contributed by atoms with van der Waals surface area (Å²) >= 11 is 0. The molecule has 0 saturated carbocycles. The number of anilines is 2. The van der Waals surface area contributed by atoms with Crippen LogP contribution >= 0.6 is 0 Å². The van der Waals surface area contributed by atoms with Gasteiger partial charge < -0.3 is 15.0 Å². The molecule has 0 bridgehead atoms. The Labute approximate surface area is 168 Å². The van der Waals surface area contributed by atoms with Crippen LogP contribution in [0.2, 0.25) is 0 Å². The van der Waals surface area contributed by atoms with Crippen LogP contribution in [0.25, 0.3) is 10.9 Å². The maximum absolute atomic E-state index is 13.1. The number of pyridine rings is 1. The molecule has 1 saturated heterocycles. The molecular weight excluding hydrogens is 392 g/mol. The number of benzene rings is 2. The number of ether oxygens (including phenoxy) is 1. The van der Waals surface area contributed by atoms with Gasteiger partial charge in [-0.05, 0) is 30.3 Å². The number of amides is 1. The lowest BCUT2D eigenvalue weighted by Gasteiger charge is -2.29. The van der Waals surface area contributed by atoms with Crippen molar-refractivity contribution in [2.45, 2.75) is 4.90 Å². The number of nitrogens with one attached hydrogen (secondary N) is 1. The van der Waals surface area contributed by atoms with E-state index in [2.05, 4.69) is 5.32 Å². The van der Waals surface area contributed by atoms with Gasteiger partial charge in [0.15, 0.2) is 0 Å². The van der Waals surface area contributed by atoms with Crippen molar-refractivity contribution in [2.24, 2.45) is 5.14 Å². The van der Waals surface area contributed by atoms with Crippen molar-refractivity contribution in [2.75, 3.05) is 36.5 Å². The number of carbonyl (C=O) groups is 1. The highest BCUT2D eigenvalue weighted by Gasteiger charge is 2.22. The first-order chi connectivity index (χ1) is 13.9. The fourth-order valence-electron chi connectivity index (χ4n) is 3.24. The van der Waals surface area contributed by atoms with Crippen molar-refractivity contribution in [3.63, 3.8) is 0 Å². The standard InChI is InChI=1S/C20H20N4O4S/c21-29(26,27)16-6-3-5-15(13-16)22-20(25)17-12-14-4-1-2-7-18(14)23-19(17)24-8-10-28-11-9-24/h1-7,12-13H,8-11H2,(H,22,25)(H2,21,26,27). The van der Waals surface area contributed by atoms with Crippen molar-refractivity contribution >= 4 is 38.3 Å². The third-order valence-electron chi connectivity index (χ3n) is 4.68. The van der Waals surface area contributed by atoms with Crippen LogP contribution in [0.1, 0.15) is 10.4 Å². The van der Waals surface area contributed by atoms with Gasteiger partial charge in [0.25, 0.3) is 5.91 Å². The van der Waals surface area contributed by atoms with Crippen molar-refractivity contribution in [1.82, 2.24) is 4.98 Å². The van der Waals surface area contributed by atoms with E-state index in [1.807, 2.05) is 29.2 Å². The van der Waals surface area contributed by atoms with E-state index in [1.165, 1.54) is 18.2 Å². The minimum atomic E-state index is -3.87. The topological polar surface area (TPSA) is 115 Å². The molecule has 2 aromatic carbocycles. The first kappa shape index (κ1) is 19.3. The summed E-state index contributed by atoms with van der Waals surface area (Å²) in [4.78, 5) is 19.8. The molecule has 2 heterocycles. The normalized spacial score (nSPS) is 14.7. The molecule has 8 nitrogen and oxygen atoms in total. The first-order valence-corrected chi connectivity index (χ1v) is 10.6. The van der Waals surface area contributed by atoms with Gasteiger partial charge in [-0.15, -0.1) is 0 Å². The predicted octanol–water partition coefficient (Wildman–Crippen LogP) is 1.97. The molecule has 150 valence electrons. The van der Waals surface area contributed by atoms with Crippen LogP contribution in [-0.2, 0) is 14.8 Å². The van der Waals surface area contributed by atoms with Gasteiger partial charge in [0, 0.05) is 24.2 Å². The molecule has 0 spiro atoms. The summed E-state index contributed by atoms with van der Waals surface area (Å²) in [6.07, 6.45) is 0. The molecule has 4 rings (SSSR count). The number of carbonyl (C=O) groups excluding carboxylic acids is 1. The summed E-state index contributed by atoms with van der Waals surface area (Å²) in [6.45, 7) is 2.39. The Morgan fingerprint density at radius 3 is 2.59 bits per heavy atom. The number of primary sulfonamides is 1. The van der Waals surface area contributed by atoms with Crippen LogP contribution in [0.3, 0.4) is 0 Å². The van der Waals surface area contributed by atoms with E-state index in [4.69, 9.17) is 14.9 Å². The molecule has 0 unspecified atom stereocenters. The first-order valence-electron chi connectivity index (χ1n) is 9.08. The predicted molar refractivity (Wildman–Crippen MR) is 111 cm³/mol. The number of aromatic nitrogens is 1. The number of hydrogen-bond acceptors (Lipinski definition) is 6. The van der Waals surface area contributed by atoms with Crippen LogP contribution in [0.15, 0.2) is 59.5 Å². The molecule has 1 fully saturated rings. The van der Waals surface area contributed by atoms with Crippen molar-refractivity contribution in [1.29, 1.82) is 0 Å². The number of rotatable bonds is 4. The van der Waals surface area contributed by atoms with Gasteiger partial charge in [0.05, 0.1) is 29.2 Å². The zero-order chi connectivity index (χ0) is 20.4. The molecule has 0 atom stereocenters. The number of nitrogens with zero attached hydrogens (tertiary/aromatic N) is 2. The van der Waals surface area contributed by atoms with Crippen LogP contribution in [-0.4, -0.2) is 45.6 Å². The summed E-state index contributed by atoms with van der Waals surface area (Å²) in [5, 5.41) is 8.78. The highest BCUT2D eigenvalue weighted by atomic mass is 32.2. The van der Waals surface area contributed by atoms with E-state index < -0.39 is 10.0 Å². The second-order valence-corrected chi connectivity index (χ2v) is 8.24. The molecule has 9 heteroatoms. The van der Waals surface area contributed by atoms with Crippen molar-refractivity contribution in [3.05, 3.63) is 60.2 Å². The Morgan fingerprint density at radius 2 is 1.83 bits per heavy atom. The summed E-state index contributed by atoms with van der Waals surface area (Å²) in [7, 11) is -3.87. The second-order valence-electron chi connectivity index (χ2n) is 6.68. The van der Waals surface area contributed by atoms with Crippen LogP contribution in [0, 0.1) is 0 Å². The Kier molecular flexibility index (Phi) is 5.18. The molecule has 29 heavy (non-hydrogen) atoms. The lowest BCUT2D eigenvalue weighted by Crippen LogP contribution is -2.38. The zero-order valence-electron chi connectivity index (χ0n) is 15.5. The Bertz CT molecular complexity index is 1170. The van der Waals surface area contributed by atoms with E-state index in [0.29, 0.717) is 43.4 Å². The van der Waals surface area contributed by atoms with Gasteiger partial charge in [-0.1, -0.05) is 24.3 Å². The third-order valence-corrected chi connectivity index (χ3v) is 5.59. The quantitative estimate of drug-likeness (QED) is 0.677. The number of sulfonamides is 1. The summed E-state index contributed by atoms with van der Waals surface area (Å²) in [5.41, 5.74) is 1.54.